The molecule has 7 heteroatoms. The molecule has 0 aromatic carbocycles. The van der Waals surface area contributed by atoms with Crippen LogP contribution in [-0.2, 0) is 14.6 Å². The van der Waals surface area contributed by atoms with E-state index in [0.29, 0.717) is 12.8 Å². The van der Waals surface area contributed by atoms with Crippen LogP contribution in [0.4, 0.5) is 4.79 Å². The van der Waals surface area contributed by atoms with Crippen LogP contribution in [0.1, 0.15) is 47.5 Å². The van der Waals surface area contributed by atoms with Crippen LogP contribution in [0.15, 0.2) is 0 Å². The zero-order valence-corrected chi connectivity index (χ0v) is 14.4. The number of ether oxygens (including phenoxy) is 1. The van der Waals surface area contributed by atoms with E-state index in [-0.39, 0.29) is 24.3 Å². The highest BCUT2D eigenvalue weighted by molar-refractivity contribution is 7.93. The van der Waals surface area contributed by atoms with Crippen LogP contribution >= 0.6 is 0 Å². The number of rotatable bonds is 4. The maximum atomic E-state index is 12.0. The van der Waals surface area contributed by atoms with E-state index in [1.807, 2.05) is 0 Å². The highest BCUT2D eigenvalue weighted by Crippen LogP contribution is 2.39. The van der Waals surface area contributed by atoms with Gasteiger partial charge >= 0.3 is 6.09 Å². The molecule has 1 rings (SSSR count). The minimum Gasteiger partial charge on any atom is -0.444 e. The lowest BCUT2D eigenvalue weighted by molar-refractivity contribution is 0.0523. The highest BCUT2D eigenvalue weighted by atomic mass is 32.2. The first kappa shape index (κ1) is 18.2. The van der Waals surface area contributed by atoms with Gasteiger partial charge in [0.25, 0.3) is 0 Å². The Balaban J connectivity index is 2.45. The molecule has 3 N–H and O–H groups in total. The minimum atomic E-state index is -3.04. The lowest BCUT2D eigenvalue weighted by Crippen LogP contribution is -2.43. The molecule has 1 amide bonds. The SMILES string of the molecule is CC(C)(C)OC(=O)NCC(N)CC1CCS(=O)(=O)C1(C)C. The van der Waals surface area contributed by atoms with Gasteiger partial charge < -0.3 is 15.8 Å². The van der Waals surface area contributed by atoms with Crippen molar-refractivity contribution in [3.63, 3.8) is 0 Å². The third kappa shape index (κ3) is 4.85. The molecule has 1 heterocycles. The third-order valence-electron chi connectivity index (χ3n) is 4.01. The average Bonchev–Trinajstić information content (AvgIpc) is 2.47. The smallest absolute Gasteiger partial charge is 0.407 e. The van der Waals surface area contributed by atoms with Crippen LogP contribution in [0.25, 0.3) is 0 Å². The van der Waals surface area contributed by atoms with Gasteiger partial charge in [0, 0.05) is 12.6 Å². The molecule has 1 fully saturated rings. The summed E-state index contributed by atoms with van der Waals surface area (Å²) >= 11 is 0. The summed E-state index contributed by atoms with van der Waals surface area (Å²) in [6.07, 6.45) is 0.702. The molecule has 1 aliphatic heterocycles. The minimum absolute atomic E-state index is 0.0259. The molecule has 21 heavy (non-hydrogen) atoms. The Morgan fingerprint density at radius 2 is 2.00 bits per heavy atom. The molecular weight excluding hydrogens is 292 g/mol. The number of hydrogen-bond acceptors (Lipinski definition) is 5. The van der Waals surface area contributed by atoms with Crippen LogP contribution in [0.2, 0.25) is 0 Å². The molecule has 2 atom stereocenters. The van der Waals surface area contributed by atoms with Crippen molar-refractivity contribution < 1.29 is 17.9 Å². The van der Waals surface area contributed by atoms with Gasteiger partial charge in [0.2, 0.25) is 0 Å². The number of nitrogens with one attached hydrogen (secondary N) is 1. The van der Waals surface area contributed by atoms with Gasteiger partial charge in [-0.25, -0.2) is 13.2 Å². The van der Waals surface area contributed by atoms with Crippen LogP contribution in [0, 0.1) is 5.92 Å². The molecule has 2 unspecified atom stereocenters. The number of amides is 1. The third-order valence-corrected chi connectivity index (χ3v) is 6.72. The van der Waals surface area contributed by atoms with E-state index in [4.69, 9.17) is 10.5 Å². The van der Waals surface area contributed by atoms with Gasteiger partial charge in [-0.15, -0.1) is 0 Å². The topological polar surface area (TPSA) is 98.5 Å². The van der Waals surface area contributed by atoms with E-state index in [1.165, 1.54) is 0 Å². The van der Waals surface area contributed by atoms with Crippen molar-refractivity contribution in [3.05, 3.63) is 0 Å². The molecule has 6 nitrogen and oxygen atoms in total. The molecule has 1 aliphatic rings. The first-order valence-corrected chi connectivity index (χ1v) is 8.95. The largest absolute Gasteiger partial charge is 0.444 e. The van der Waals surface area contributed by atoms with Gasteiger partial charge in [0.05, 0.1) is 10.5 Å². The van der Waals surface area contributed by atoms with Crippen molar-refractivity contribution in [1.82, 2.24) is 5.32 Å². The number of carbonyl (C=O) groups is 1. The van der Waals surface area contributed by atoms with E-state index in [1.54, 1.807) is 34.6 Å². The molecule has 0 aliphatic carbocycles. The lowest BCUT2D eigenvalue weighted by atomic mass is 9.87. The molecule has 0 bridgehead atoms. The molecule has 124 valence electrons. The second-order valence-corrected chi connectivity index (χ2v) is 9.98. The monoisotopic (exact) mass is 320 g/mol. The first-order chi connectivity index (χ1) is 9.35. The summed E-state index contributed by atoms with van der Waals surface area (Å²) in [5, 5.41) is 2.63. The zero-order chi connectivity index (χ0) is 16.5. The van der Waals surface area contributed by atoms with Gasteiger partial charge in [-0.1, -0.05) is 0 Å². The van der Waals surface area contributed by atoms with E-state index >= 15 is 0 Å². The molecule has 0 saturated carbocycles. The second-order valence-electron chi connectivity index (χ2n) is 7.29. The van der Waals surface area contributed by atoms with E-state index < -0.39 is 26.3 Å². The maximum absolute atomic E-state index is 12.0. The Bertz CT molecular complexity index is 480. The van der Waals surface area contributed by atoms with Crippen LogP contribution in [0.3, 0.4) is 0 Å². The quantitative estimate of drug-likeness (QED) is 0.816. The molecule has 0 aromatic rings. The second kappa shape index (κ2) is 6.12. The summed E-state index contributed by atoms with van der Waals surface area (Å²) in [5.41, 5.74) is 5.46. The summed E-state index contributed by atoms with van der Waals surface area (Å²) in [6.45, 7) is 9.17. The Morgan fingerprint density at radius 3 is 2.43 bits per heavy atom. The maximum Gasteiger partial charge on any atom is 0.407 e. The molecule has 0 spiro atoms. The molecule has 0 radical (unpaired) electrons. The van der Waals surface area contributed by atoms with Gasteiger partial charge in [-0.2, -0.15) is 0 Å². The van der Waals surface area contributed by atoms with Crippen molar-refractivity contribution in [2.45, 2.75) is 63.9 Å². The van der Waals surface area contributed by atoms with Crippen molar-refractivity contribution in [1.29, 1.82) is 0 Å². The summed E-state index contributed by atoms with van der Waals surface area (Å²) in [5.74, 6) is 0.245. The van der Waals surface area contributed by atoms with Crippen molar-refractivity contribution in [2.24, 2.45) is 11.7 Å². The fourth-order valence-corrected chi connectivity index (χ4v) is 4.38. The van der Waals surface area contributed by atoms with Gasteiger partial charge in [-0.3, -0.25) is 0 Å². The fraction of sp³-hybridized carbons (Fsp3) is 0.929. The van der Waals surface area contributed by atoms with Crippen molar-refractivity contribution in [2.75, 3.05) is 12.3 Å². The van der Waals surface area contributed by atoms with Crippen molar-refractivity contribution in [3.8, 4) is 0 Å². The normalized spacial score (nSPS) is 25.3. The Morgan fingerprint density at radius 1 is 1.43 bits per heavy atom. The molecule has 1 saturated heterocycles. The Labute approximate surface area is 127 Å². The van der Waals surface area contributed by atoms with Gasteiger partial charge in [-0.05, 0) is 53.4 Å². The number of carbonyl (C=O) groups excluding carboxylic acids is 1. The number of hydrogen-bond donors (Lipinski definition) is 2. The van der Waals surface area contributed by atoms with E-state index in [0.717, 1.165) is 0 Å². The van der Waals surface area contributed by atoms with E-state index in [9.17, 15) is 13.2 Å². The van der Waals surface area contributed by atoms with Crippen LogP contribution < -0.4 is 11.1 Å². The number of sulfone groups is 1. The standard InChI is InChI=1S/C14H28N2O4S/c1-13(2,3)20-12(17)16-9-11(15)8-10-6-7-21(18,19)14(10,4)5/h10-11H,6-9,15H2,1-5H3,(H,16,17). The van der Waals surface area contributed by atoms with E-state index in [2.05, 4.69) is 5.32 Å². The predicted molar refractivity (Wildman–Crippen MR) is 82.8 cm³/mol. The Kier molecular flexibility index (Phi) is 5.31. The highest BCUT2D eigenvalue weighted by Gasteiger charge is 2.47. The summed E-state index contributed by atoms with van der Waals surface area (Å²) in [6, 6.07) is -0.282. The Hall–Kier alpha value is -0.820. The van der Waals surface area contributed by atoms with Gasteiger partial charge in [0.1, 0.15) is 5.60 Å². The van der Waals surface area contributed by atoms with Crippen LogP contribution in [-0.4, -0.2) is 43.2 Å². The number of alkyl carbamates (subject to hydrolysis) is 1. The first-order valence-electron chi connectivity index (χ1n) is 7.30. The molecule has 0 aromatic heterocycles. The lowest BCUT2D eigenvalue weighted by Gasteiger charge is -2.28. The van der Waals surface area contributed by atoms with Crippen molar-refractivity contribution >= 4 is 15.9 Å². The van der Waals surface area contributed by atoms with Gasteiger partial charge in [0.15, 0.2) is 9.84 Å². The number of nitrogens with two attached hydrogens (primary N) is 1. The fourth-order valence-electron chi connectivity index (χ4n) is 2.54. The summed E-state index contributed by atoms with van der Waals surface area (Å²) in [7, 11) is -3.04. The zero-order valence-electron chi connectivity index (χ0n) is 13.6. The summed E-state index contributed by atoms with van der Waals surface area (Å²) < 4.78 is 28.3. The summed E-state index contributed by atoms with van der Waals surface area (Å²) in [4.78, 5) is 11.5. The predicted octanol–water partition coefficient (Wildman–Crippen LogP) is 1.44. The van der Waals surface area contributed by atoms with Crippen LogP contribution in [0.5, 0.6) is 0 Å². The molecular formula is C14H28N2O4S. The average molecular weight is 320 g/mol.